The summed E-state index contributed by atoms with van der Waals surface area (Å²) in [5.41, 5.74) is 12.2. The van der Waals surface area contributed by atoms with Gasteiger partial charge in [-0.15, -0.1) is 0 Å². The molecule has 242 valence electrons. The van der Waals surface area contributed by atoms with E-state index in [1.165, 1.54) is 43.6 Å². The Morgan fingerprint density at radius 3 is 1.78 bits per heavy atom. The lowest BCUT2D eigenvalue weighted by molar-refractivity contribution is 1.17. The zero-order valence-electron chi connectivity index (χ0n) is 28.3. The number of hydrogen-bond donors (Lipinski definition) is 0. The van der Waals surface area contributed by atoms with Gasteiger partial charge in [0.2, 0.25) is 0 Å². The lowest BCUT2D eigenvalue weighted by Gasteiger charge is -2.14. The van der Waals surface area contributed by atoms with Gasteiger partial charge in [-0.3, -0.25) is 0 Å². The summed E-state index contributed by atoms with van der Waals surface area (Å²) >= 11 is 0. The number of fused-ring (bicyclic) bond motifs is 7. The van der Waals surface area contributed by atoms with Crippen molar-refractivity contribution in [3.63, 3.8) is 0 Å². The summed E-state index contributed by atoms with van der Waals surface area (Å²) in [6.07, 6.45) is 8.20. The van der Waals surface area contributed by atoms with Crippen LogP contribution in [0.1, 0.15) is 12.5 Å². The Labute approximate surface area is 297 Å². The number of para-hydroxylation sites is 4. The minimum Gasteiger partial charge on any atom is -0.309 e. The fraction of sp³-hybridized carbons (Fsp3) is 0.0208. The maximum atomic E-state index is 5.23. The molecule has 0 bridgehead atoms. The van der Waals surface area contributed by atoms with E-state index in [4.69, 9.17) is 4.99 Å². The Bertz CT molecular complexity index is 2780. The van der Waals surface area contributed by atoms with Crippen LogP contribution in [0, 0.1) is 0 Å². The topological polar surface area (TPSA) is 22.2 Å². The summed E-state index contributed by atoms with van der Waals surface area (Å²) in [6, 6.07) is 60.6. The Balaban J connectivity index is 1.41. The maximum absolute atomic E-state index is 5.23. The standard InChI is InChI=1S/C48H35N3/c1-2-3-7-29-43(34-19-8-4-9-20-34)49-36-22-18-21-35(32-36)41-33-42-39-27-14-16-30-44(39)50(37-23-10-5-11-24-37)48(42)46-40-28-15-17-31-45(40)51(47(41)46)38-25-12-6-13-26-38/h2-33H,1H3/b3-2-,29-7-,49-43?. The summed E-state index contributed by atoms with van der Waals surface area (Å²) in [7, 11) is 0. The normalized spacial score (nSPS) is 12.4. The Hall–Kier alpha value is -6.71. The van der Waals surface area contributed by atoms with Gasteiger partial charge in [0.25, 0.3) is 0 Å². The molecule has 0 fully saturated rings. The van der Waals surface area contributed by atoms with Crippen LogP contribution in [0.4, 0.5) is 5.69 Å². The van der Waals surface area contributed by atoms with E-state index in [1.807, 2.05) is 31.2 Å². The third-order valence-corrected chi connectivity index (χ3v) is 9.63. The van der Waals surface area contributed by atoms with Crippen LogP contribution in [0.5, 0.6) is 0 Å². The first kappa shape index (κ1) is 30.4. The molecule has 3 nitrogen and oxygen atoms in total. The highest BCUT2D eigenvalue weighted by atomic mass is 15.0. The molecule has 2 heterocycles. The van der Waals surface area contributed by atoms with Crippen molar-refractivity contribution >= 4 is 55.0 Å². The third kappa shape index (κ3) is 5.27. The quantitative estimate of drug-likeness (QED) is 0.121. The molecule has 0 saturated heterocycles. The molecule has 0 amide bonds. The lowest BCUT2D eigenvalue weighted by Crippen LogP contribution is -1.97. The number of allylic oxidation sites excluding steroid dienone is 4. The highest BCUT2D eigenvalue weighted by Crippen LogP contribution is 2.46. The molecule has 7 aromatic carbocycles. The van der Waals surface area contributed by atoms with E-state index in [-0.39, 0.29) is 0 Å². The molecule has 0 aliphatic rings. The van der Waals surface area contributed by atoms with Crippen molar-refractivity contribution in [2.75, 3.05) is 0 Å². The molecule has 0 unspecified atom stereocenters. The molecular formula is C48H35N3. The molecule has 9 aromatic rings. The van der Waals surface area contributed by atoms with Crippen LogP contribution >= 0.6 is 0 Å². The van der Waals surface area contributed by atoms with Crippen LogP contribution < -0.4 is 0 Å². The molecule has 0 N–H and O–H groups in total. The molecule has 0 radical (unpaired) electrons. The molecule has 0 aliphatic carbocycles. The summed E-state index contributed by atoms with van der Waals surface area (Å²) in [6.45, 7) is 2.02. The van der Waals surface area contributed by atoms with Crippen molar-refractivity contribution in [1.82, 2.24) is 9.13 Å². The molecule has 3 heteroatoms. The van der Waals surface area contributed by atoms with Gasteiger partial charge in [-0.05, 0) is 73.2 Å². The second-order valence-corrected chi connectivity index (χ2v) is 12.7. The summed E-state index contributed by atoms with van der Waals surface area (Å²) in [4.78, 5) is 5.23. The zero-order valence-corrected chi connectivity index (χ0v) is 28.3. The second kappa shape index (κ2) is 13.0. The minimum absolute atomic E-state index is 0.902. The number of hydrogen-bond acceptors (Lipinski definition) is 1. The molecule has 51 heavy (non-hydrogen) atoms. The Morgan fingerprint density at radius 2 is 1.10 bits per heavy atom. The van der Waals surface area contributed by atoms with Gasteiger partial charge in [0.1, 0.15) is 0 Å². The van der Waals surface area contributed by atoms with E-state index < -0.39 is 0 Å². The summed E-state index contributed by atoms with van der Waals surface area (Å²) < 4.78 is 4.89. The summed E-state index contributed by atoms with van der Waals surface area (Å²) in [5, 5.41) is 4.90. The average molecular weight is 654 g/mol. The molecule has 9 rings (SSSR count). The van der Waals surface area contributed by atoms with E-state index in [0.717, 1.165) is 39.5 Å². The average Bonchev–Trinajstić information content (AvgIpc) is 3.72. The Morgan fingerprint density at radius 1 is 0.510 bits per heavy atom. The summed E-state index contributed by atoms with van der Waals surface area (Å²) in [5.74, 6) is 0. The van der Waals surface area contributed by atoms with Crippen molar-refractivity contribution in [2.24, 2.45) is 4.99 Å². The smallest absolute Gasteiger partial charge is 0.0709 e. The first-order valence-corrected chi connectivity index (χ1v) is 17.4. The van der Waals surface area contributed by atoms with Gasteiger partial charge >= 0.3 is 0 Å². The van der Waals surface area contributed by atoms with E-state index in [1.54, 1.807) is 0 Å². The predicted octanol–water partition coefficient (Wildman–Crippen LogP) is 12.8. The molecule has 2 aromatic heterocycles. The zero-order chi connectivity index (χ0) is 34.1. The Kier molecular flexibility index (Phi) is 7.71. The van der Waals surface area contributed by atoms with Gasteiger partial charge in [-0.2, -0.15) is 0 Å². The van der Waals surface area contributed by atoms with Gasteiger partial charge in [-0.25, -0.2) is 4.99 Å². The molecular weight excluding hydrogens is 619 g/mol. The highest BCUT2D eigenvalue weighted by Gasteiger charge is 2.24. The molecule has 0 aliphatic heterocycles. The number of nitrogens with zero attached hydrogens (tertiary/aromatic N) is 3. The van der Waals surface area contributed by atoms with Crippen LogP contribution in [-0.4, -0.2) is 14.8 Å². The van der Waals surface area contributed by atoms with Crippen molar-refractivity contribution < 1.29 is 0 Å². The van der Waals surface area contributed by atoms with E-state index in [0.29, 0.717) is 0 Å². The van der Waals surface area contributed by atoms with Crippen LogP contribution in [0.3, 0.4) is 0 Å². The number of rotatable bonds is 7. The molecule has 0 spiro atoms. The van der Waals surface area contributed by atoms with Crippen molar-refractivity contribution in [1.29, 1.82) is 0 Å². The number of aliphatic imine (C=N–C) groups is 1. The van der Waals surface area contributed by atoms with E-state index >= 15 is 0 Å². The van der Waals surface area contributed by atoms with Crippen LogP contribution in [-0.2, 0) is 0 Å². The van der Waals surface area contributed by atoms with E-state index in [2.05, 4.69) is 179 Å². The van der Waals surface area contributed by atoms with Crippen molar-refractivity contribution in [2.45, 2.75) is 6.92 Å². The molecule has 0 atom stereocenters. The molecule has 0 saturated carbocycles. The monoisotopic (exact) mass is 653 g/mol. The second-order valence-electron chi connectivity index (χ2n) is 12.7. The lowest BCUT2D eigenvalue weighted by atomic mass is 9.97. The predicted molar refractivity (Wildman–Crippen MR) is 217 cm³/mol. The third-order valence-electron chi connectivity index (χ3n) is 9.63. The van der Waals surface area contributed by atoms with E-state index in [9.17, 15) is 0 Å². The van der Waals surface area contributed by atoms with Gasteiger partial charge in [0.15, 0.2) is 0 Å². The van der Waals surface area contributed by atoms with Gasteiger partial charge < -0.3 is 9.13 Å². The van der Waals surface area contributed by atoms with Gasteiger partial charge in [0.05, 0.1) is 33.5 Å². The van der Waals surface area contributed by atoms with Gasteiger partial charge in [0, 0.05) is 44.0 Å². The van der Waals surface area contributed by atoms with Crippen LogP contribution in [0.15, 0.2) is 199 Å². The highest BCUT2D eigenvalue weighted by molar-refractivity contribution is 6.29. The fourth-order valence-electron chi connectivity index (χ4n) is 7.46. The minimum atomic E-state index is 0.902. The number of benzene rings is 7. The van der Waals surface area contributed by atoms with Crippen molar-refractivity contribution in [3.8, 4) is 22.5 Å². The first-order valence-electron chi connectivity index (χ1n) is 17.4. The van der Waals surface area contributed by atoms with Gasteiger partial charge in [-0.1, -0.05) is 133 Å². The van der Waals surface area contributed by atoms with Crippen molar-refractivity contribution in [3.05, 3.63) is 200 Å². The number of aromatic nitrogens is 2. The van der Waals surface area contributed by atoms with Crippen LogP contribution in [0.2, 0.25) is 0 Å². The largest absolute Gasteiger partial charge is 0.309 e. The fourth-order valence-corrected chi connectivity index (χ4v) is 7.46. The first-order chi connectivity index (χ1) is 25.3. The SMILES string of the molecule is C/C=C\C=C/C(=Nc1cccc(-c2cc3c4ccccc4n(-c4ccccc4)c3c3c4ccccc4n(-c4ccccc4)c23)c1)c1ccccc1. The maximum Gasteiger partial charge on any atom is 0.0709 e. The van der Waals surface area contributed by atoms with Crippen LogP contribution in [0.25, 0.3) is 66.1 Å².